The molecule has 0 N–H and O–H groups in total. The van der Waals surface area contributed by atoms with Crippen LogP contribution in [0.2, 0.25) is 0 Å². The number of hydrogen-bond acceptors (Lipinski definition) is 1. The van der Waals surface area contributed by atoms with Crippen molar-refractivity contribution in [3.63, 3.8) is 0 Å². The fraction of sp³-hybridized carbons (Fsp3) is 0.462. The predicted octanol–water partition coefficient (Wildman–Crippen LogP) is 4.84. The van der Waals surface area contributed by atoms with Gasteiger partial charge in [0.25, 0.3) is 0 Å². The van der Waals surface area contributed by atoms with Crippen LogP contribution in [0, 0.1) is 5.92 Å². The van der Waals surface area contributed by atoms with Gasteiger partial charge in [-0.25, -0.2) is 0 Å². The molecule has 0 saturated heterocycles. The lowest BCUT2D eigenvalue weighted by Gasteiger charge is -2.12. The minimum atomic E-state index is -4.49. The summed E-state index contributed by atoms with van der Waals surface area (Å²) < 4.78 is 38.8. The Balaban J connectivity index is 2.22. The van der Waals surface area contributed by atoms with E-state index in [1.807, 2.05) is 0 Å². The molecule has 5 heteroatoms. The van der Waals surface area contributed by atoms with Crippen LogP contribution in [0.25, 0.3) is 0 Å². The van der Waals surface area contributed by atoms with Crippen molar-refractivity contribution in [1.29, 1.82) is 0 Å². The summed E-state index contributed by atoms with van der Waals surface area (Å²) in [5.74, 6) is 0.125. The number of ketones is 1. The third kappa shape index (κ3) is 3.34. The van der Waals surface area contributed by atoms with Gasteiger partial charge in [-0.1, -0.05) is 28.8 Å². The Morgan fingerprint density at radius 3 is 2.56 bits per heavy atom. The monoisotopic (exact) mass is 320 g/mol. The van der Waals surface area contributed by atoms with Crippen LogP contribution in [0.3, 0.4) is 0 Å². The number of halogens is 4. The van der Waals surface area contributed by atoms with Crippen LogP contribution < -0.4 is 0 Å². The van der Waals surface area contributed by atoms with Crippen LogP contribution in [0.15, 0.2) is 22.7 Å². The van der Waals surface area contributed by atoms with Gasteiger partial charge < -0.3 is 0 Å². The van der Waals surface area contributed by atoms with E-state index in [0.717, 1.165) is 18.9 Å². The minimum absolute atomic E-state index is 0.204. The lowest BCUT2D eigenvalue weighted by molar-refractivity contribution is -0.138. The van der Waals surface area contributed by atoms with E-state index in [-0.39, 0.29) is 12.0 Å². The Hall–Kier alpha value is -0.840. The van der Waals surface area contributed by atoms with E-state index in [9.17, 15) is 18.0 Å². The number of benzene rings is 1. The largest absolute Gasteiger partial charge is 0.417 e. The van der Waals surface area contributed by atoms with E-state index < -0.39 is 17.5 Å². The van der Waals surface area contributed by atoms with Gasteiger partial charge in [-0.2, -0.15) is 13.2 Å². The van der Waals surface area contributed by atoms with Gasteiger partial charge in [-0.15, -0.1) is 0 Å². The number of rotatable bonds is 4. The first-order valence-corrected chi connectivity index (χ1v) is 6.57. The van der Waals surface area contributed by atoms with Crippen molar-refractivity contribution in [3.8, 4) is 0 Å². The normalized spacial score (nSPS) is 15.8. The van der Waals surface area contributed by atoms with Crippen LogP contribution in [0.1, 0.15) is 41.6 Å². The molecular weight excluding hydrogens is 309 g/mol. The molecule has 98 valence electrons. The van der Waals surface area contributed by atoms with Gasteiger partial charge in [-0.3, -0.25) is 4.79 Å². The van der Waals surface area contributed by atoms with Crippen molar-refractivity contribution in [2.24, 2.45) is 5.92 Å². The smallest absolute Gasteiger partial charge is 0.294 e. The third-order valence-corrected chi connectivity index (χ3v) is 3.56. The van der Waals surface area contributed by atoms with Crippen molar-refractivity contribution in [3.05, 3.63) is 33.8 Å². The molecule has 0 spiro atoms. The second-order valence-corrected chi connectivity index (χ2v) is 5.51. The molecule has 1 aromatic carbocycles. The zero-order valence-corrected chi connectivity index (χ0v) is 11.1. The van der Waals surface area contributed by atoms with E-state index in [2.05, 4.69) is 15.9 Å². The zero-order valence-electron chi connectivity index (χ0n) is 9.56. The number of Topliss-reactive ketones (excluding diaryl/α,β-unsaturated/α-hetero) is 1. The third-order valence-electron chi connectivity index (χ3n) is 3.06. The SMILES string of the molecule is O=C(CCC1CC1)c1ccc(Br)cc1C(F)(F)F. The van der Waals surface area contributed by atoms with Crippen molar-refractivity contribution >= 4 is 21.7 Å². The van der Waals surface area contributed by atoms with Gasteiger partial charge in [0.1, 0.15) is 0 Å². The fourth-order valence-electron chi connectivity index (χ4n) is 1.87. The second kappa shape index (κ2) is 5.03. The molecule has 0 heterocycles. The second-order valence-electron chi connectivity index (χ2n) is 4.59. The van der Waals surface area contributed by atoms with Crippen molar-refractivity contribution in [1.82, 2.24) is 0 Å². The molecule has 0 amide bonds. The fourth-order valence-corrected chi connectivity index (χ4v) is 2.23. The molecule has 2 rings (SSSR count). The first-order chi connectivity index (χ1) is 8.38. The topological polar surface area (TPSA) is 17.1 Å². The van der Waals surface area contributed by atoms with E-state index in [4.69, 9.17) is 0 Å². The Labute approximate surface area is 112 Å². The van der Waals surface area contributed by atoms with Crippen molar-refractivity contribution < 1.29 is 18.0 Å². The number of carbonyl (C=O) groups is 1. The van der Waals surface area contributed by atoms with Gasteiger partial charge in [0.15, 0.2) is 5.78 Å². The van der Waals surface area contributed by atoms with Crippen LogP contribution in [-0.4, -0.2) is 5.78 Å². The maximum atomic E-state index is 12.8. The molecule has 1 aromatic rings. The highest BCUT2D eigenvalue weighted by molar-refractivity contribution is 9.10. The first-order valence-electron chi connectivity index (χ1n) is 5.78. The van der Waals surface area contributed by atoms with E-state index in [1.54, 1.807) is 0 Å². The van der Waals surface area contributed by atoms with Crippen molar-refractivity contribution in [2.75, 3.05) is 0 Å². The maximum Gasteiger partial charge on any atom is 0.417 e. The molecule has 1 aliphatic carbocycles. The minimum Gasteiger partial charge on any atom is -0.294 e. The average molecular weight is 321 g/mol. The van der Waals surface area contributed by atoms with Gasteiger partial charge in [0, 0.05) is 16.5 Å². The summed E-state index contributed by atoms with van der Waals surface area (Å²) in [6.45, 7) is 0. The van der Waals surface area contributed by atoms with Crippen LogP contribution in [0.5, 0.6) is 0 Å². The lowest BCUT2D eigenvalue weighted by atomic mass is 9.99. The predicted molar refractivity (Wildman–Crippen MR) is 65.4 cm³/mol. The molecule has 1 saturated carbocycles. The highest BCUT2D eigenvalue weighted by atomic mass is 79.9. The molecule has 18 heavy (non-hydrogen) atoms. The zero-order chi connectivity index (χ0) is 13.3. The Morgan fingerprint density at radius 1 is 1.33 bits per heavy atom. The molecule has 0 aromatic heterocycles. The van der Waals surface area contributed by atoms with Crippen LogP contribution in [-0.2, 0) is 6.18 Å². The van der Waals surface area contributed by atoms with Crippen molar-refractivity contribution in [2.45, 2.75) is 31.9 Å². The summed E-state index contributed by atoms with van der Waals surface area (Å²) in [4.78, 5) is 11.8. The molecule has 1 aliphatic rings. The molecule has 0 bridgehead atoms. The molecule has 0 atom stereocenters. The summed E-state index contributed by atoms with van der Waals surface area (Å²) in [5, 5.41) is 0. The summed E-state index contributed by atoms with van der Waals surface area (Å²) >= 11 is 3.00. The van der Waals surface area contributed by atoms with E-state index in [0.29, 0.717) is 16.8 Å². The van der Waals surface area contributed by atoms with Gasteiger partial charge >= 0.3 is 6.18 Å². The van der Waals surface area contributed by atoms with Gasteiger partial charge in [-0.05, 0) is 30.5 Å². The van der Waals surface area contributed by atoms with Crippen LogP contribution >= 0.6 is 15.9 Å². The molecule has 0 radical (unpaired) electrons. The Kier molecular flexibility index (Phi) is 3.80. The summed E-state index contributed by atoms with van der Waals surface area (Å²) in [6.07, 6.45) is -1.39. The van der Waals surface area contributed by atoms with Crippen LogP contribution in [0.4, 0.5) is 13.2 Å². The molecular formula is C13H12BrF3O. The molecule has 0 unspecified atom stereocenters. The number of alkyl halides is 3. The lowest BCUT2D eigenvalue weighted by Crippen LogP contribution is -2.13. The summed E-state index contributed by atoms with van der Waals surface area (Å²) in [7, 11) is 0. The van der Waals surface area contributed by atoms with Gasteiger partial charge in [0.2, 0.25) is 0 Å². The first kappa shape index (κ1) is 13.6. The Bertz CT molecular complexity index is 464. The molecule has 1 nitrogen and oxygen atoms in total. The molecule has 0 aliphatic heterocycles. The van der Waals surface area contributed by atoms with E-state index in [1.165, 1.54) is 12.1 Å². The summed E-state index contributed by atoms with van der Waals surface area (Å²) in [5.41, 5.74) is -1.07. The maximum absolute atomic E-state index is 12.8. The number of hydrogen-bond donors (Lipinski definition) is 0. The van der Waals surface area contributed by atoms with E-state index >= 15 is 0 Å². The highest BCUT2D eigenvalue weighted by Crippen LogP contribution is 2.36. The quantitative estimate of drug-likeness (QED) is 0.725. The molecule has 1 fully saturated rings. The number of carbonyl (C=O) groups excluding carboxylic acids is 1. The standard InChI is InChI=1S/C13H12BrF3O/c14-9-4-5-10(11(7-9)13(15,16)17)12(18)6-3-8-1-2-8/h4-5,7-8H,1-3,6H2. The average Bonchev–Trinajstić information content (AvgIpc) is 3.08. The highest BCUT2D eigenvalue weighted by Gasteiger charge is 2.35. The summed E-state index contributed by atoms with van der Waals surface area (Å²) in [6, 6.07) is 3.69. The van der Waals surface area contributed by atoms with Gasteiger partial charge in [0.05, 0.1) is 5.56 Å². The Morgan fingerprint density at radius 2 is 2.00 bits per heavy atom.